The molecular weight excluding hydrogens is 404 g/mol. The van der Waals surface area contributed by atoms with Gasteiger partial charge < -0.3 is 5.32 Å². The highest BCUT2D eigenvalue weighted by Crippen LogP contribution is 2.44. The second-order valence-electron chi connectivity index (χ2n) is 8.70. The van der Waals surface area contributed by atoms with Gasteiger partial charge in [0.25, 0.3) is 10.0 Å². The first kappa shape index (κ1) is 21.7. The normalized spacial score (nSPS) is 19.6. The maximum atomic E-state index is 13.7. The van der Waals surface area contributed by atoms with Crippen LogP contribution in [0.4, 0.5) is 0 Å². The minimum Gasteiger partial charge on any atom is -0.350 e. The van der Waals surface area contributed by atoms with Crippen molar-refractivity contribution in [2.45, 2.75) is 61.9 Å². The molecular formula is C22H28N2O3S2. The fraction of sp³-hybridized carbons (Fsp3) is 0.409. The van der Waals surface area contributed by atoms with Gasteiger partial charge in [-0.2, -0.15) is 4.31 Å². The number of thiophene rings is 1. The first-order valence-electron chi connectivity index (χ1n) is 9.61. The highest BCUT2D eigenvalue weighted by molar-refractivity contribution is 7.91. The highest BCUT2D eigenvalue weighted by Gasteiger charge is 2.52. The van der Waals surface area contributed by atoms with Crippen molar-refractivity contribution in [1.29, 1.82) is 0 Å². The zero-order valence-electron chi connectivity index (χ0n) is 17.3. The number of sulfonamides is 1. The molecule has 1 aromatic heterocycles. The zero-order valence-corrected chi connectivity index (χ0v) is 18.9. The monoisotopic (exact) mass is 432 g/mol. The van der Waals surface area contributed by atoms with Crippen LogP contribution in [0, 0.1) is 0 Å². The maximum absolute atomic E-state index is 13.7. The van der Waals surface area contributed by atoms with Gasteiger partial charge >= 0.3 is 0 Å². The number of nitrogens with zero attached hydrogens (tertiary/aromatic N) is 1. The quantitative estimate of drug-likeness (QED) is 0.711. The van der Waals surface area contributed by atoms with E-state index < -0.39 is 21.1 Å². The van der Waals surface area contributed by atoms with E-state index in [2.05, 4.69) is 11.9 Å². The van der Waals surface area contributed by atoms with Crippen LogP contribution in [0.2, 0.25) is 0 Å². The molecule has 0 unspecified atom stereocenters. The largest absolute Gasteiger partial charge is 0.350 e. The second-order valence-corrected chi connectivity index (χ2v) is 11.8. The van der Waals surface area contributed by atoms with Crippen LogP contribution in [0.25, 0.3) is 10.4 Å². The molecule has 29 heavy (non-hydrogen) atoms. The van der Waals surface area contributed by atoms with Crippen LogP contribution in [0.1, 0.15) is 40.5 Å². The Morgan fingerprint density at radius 3 is 2.24 bits per heavy atom. The van der Waals surface area contributed by atoms with E-state index in [1.807, 2.05) is 64.1 Å². The number of carbonyl (C=O) groups excluding carboxylic acids is 1. The van der Waals surface area contributed by atoms with E-state index in [4.69, 9.17) is 0 Å². The fourth-order valence-corrected chi connectivity index (χ4v) is 8.11. The summed E-state index contributed by atoms with van der Waals surface area (Å²) >= 11 is 1.29. The summed E-state index contributed by atoms with van der Waals surface area (Å²) in [5.41, 5.74) is -0.309. The third-order valence-electron chi connectivity index (χ3n) is 5.26. The minimum atomic E-state index is -3.70. The molecule has 0 spiro atoms. The van der Waals surface area contributed by atoms with Crippen molar-refractivity contribution in [2.75, 3.05) is 0 Å². The predicted molar refractivity (Wildman–Crippen MR) is 118 cm³/mol. The summed E-state index contributed by atoms with van der Waals surface area (Å²) in [6, 6.07) is 13.2. The summed E-state index contributed by atoms with van der Waals surface area (Å²) < 4.78 is 29.3. The van der Waals surface area contributed by atoms with Crippen molar-refractivity contribution in [3.63, 3.8) is 0 Å². The molecule has 7 heteroatoms. The van der Waals surface area contributed by atoms with Crippen LogP contribution in [0.5, 0.6) is 0 Å². The maximum Gasteiger partial charge on any atom is 0.253 e. The SMILES string of the molecule is C=CC(=O)NC1CC(C)(C)N(S(=O)(=O)c2ccc(-c3ccccc3)s2)C(C)(C)C1. The van der Waals surface area contributed by atoms with E-state index in [0.717, 1.165) is 10.4 Å². The van der Waals surface area contributed by atoms with Crippen molar-refractivity contribution < 1.29 is 13.2 Å². The van der Waals surface area contributed by atoms with Gasteiger partial charge in [-0.3, -0.25) is 4.79 Å². The number of piperidine rings is 1. The van der Waals surface area contributed by atoms with E-state index in [0.29, 0.717) is 17.1 Å². The van der Waals surface area contributed by atoms with Gasteiger partial charge in [-0.1, -0.05) is 36.9 Å². The summed E-state index contributed by atoms with van der Waals surface area (Å²) in [4.78, 5) is 12.7. The van der Waals surface area contributed by atoms with Crippen LogP contribution in [0.15, 0.2) is 59.3 Å². The average Bonchev–Trinajstić information content (AvgIpc) is 3.10. The molecule has 5 nitrogen and oxygen atoms in total. The van der Waals surface area contributed by atoms with E-state index >= 15 is 0 Å². The van der Waals surface area contributed by atoms with Gasteiger partial charge in [0, 0.05) is 22.0 Å². The van der Waals surface area contributed by atoms with Gasteiger partial charge in [-0.15, -0.1) is 11.3 Å². The summed E-state index contributed by atoms with van der Waals surface area (Å²) in [5.74, 6) is -0.233. The molecule has 0 saturated carbocycles. The summed E-state index contributed by atoms with van der Waals surface area (Å²) in [5, 5.41) is 2.94. The van der Waals surface area contributed by atoms with Crippen LogP contribution in [-0.4, -0.2) is 35.7 Å². The Balaban J connectivity index is 1.95. The Kier molecular flexibility index (Phi) is 5.77. The van der Waals surface area contributed by atoms with Gasteiger partial charge in [-0.05, 0) is 64.3 Å². The van der Waals surface area contributed by atoms with E-state index in [9.17, 15) is 13.2 Å². The summed E-state index contributed by atoms with van der Waals surface area (Å²) in [6.07, 6.45) is 2.32. The lowest BCUT2D eigenvalue weighted by Crippen LogP contribution is -2.65. The van der Waals surface area contributed by atoms with Crippen LogP contribution < -0.4 is 5.32 Å². The number of hydrogen-bond donors (Lipinski definition) is 1. The molecule has 1 aliphatic heterocycles. The lowest BCUT2D eigenvalue weighted by atomic mass is 9.79. The molecule has 1 saturated heterocycles. The molecule has 3 rings (SSSR count). The molecule has 1 N–H and O–H groups in total. The van der Waals surface area contributed by atoms with Crippen molar-refractivity contribution in [1.82, 2.24) is 9.62 Å². The van der Waals surface area contributed by atoms with Crippen LogP contribution in [-0.2, 0) is 14.8 Å². The zero-order chi connectivity index (χ0) is 21.4. The van der Waals surface area contributed by atoms with Gasteiger partial charge in [0.1, 0.15) is 4.21 Å². The Bertz CT molecular complexity index is 990. The van der Waals surface area contributed by atoms with Gasteiger partial charge in [0.15, 0.2) is 0 Å². The number of amides is 1. The van der Waals surface area contributed by atoms with Crippen LogP contribution >= 0.6 is 11.3 Å². The second kappa shape index (κ2) is 7.70. The number of nitrogens with one attached hydrogen (secondary N) is 1. The standard InChI is InChI=1S/C22H28N2O3S2/c1-6-19(25)23-17-14-21(2,3)24(22(4,5)15-17)29(26,27)20-13-12-18(28-20)16-10-8-7-9-11-16/h6-13,17H,1,14-15H2,2-5H3,(H,23,25). The topological polar surface area (TPSA) is 66.5 Å². The number of benzene rings is 1. The molecule has 1 aliphatic rings. The first-order chi connectivity index (χ1) is 13.5. The summed E-state index contributed by atoms with van der Waals surface area (Å²) in [6.45, 7) is 11.2. The predicted octanol–water partition coefficient (Wildman–Crippen LogP) is 4.43. The Morgan fingerprint density at radius 1 is 1.10 bits per heavy atom. The molecule has 1 aromatic carbocycles. The lowest BCUT2D eigenvalue weighted by molar-refractivity contribution is -0.118. The Morgan fingerprint density at radius 2 is 1.69 bits per heavy atom. The van der Waals surface area contributed by atoms with Crippen LogP contribution in [0.3, 0.4) is 0 Å². The number of hydrogen-bond acceptors (Lipinski definition) is 4. The Hall–Kier alpha value is -1.96. The molecule has 0 aliphatic carbocycles. The summed E-state index contributed by atoms with van der Waals surface area (Å²) in [7, 11) is -3.70. The molecule has 2 aromatic rings. The van der Waals surface area contributed by atoms with Gasteiger partial charge in [0.2, 0.25) is 5.91 Å². The lowest BCUT2D eigenvalue weighted by Gasteiger charge is -2.53. The molecule has 156 valence electrons. The van der Waals surface area contributed by atoms with Crippen molar-refractivity contribution in [3.8, 4) is 10.4 Å². The number of rotatable bonds is 5. The molecule has 0 radical (unpaired) electrons. The molecule has 1 amide bonds. The molecule has 1 fully saturated rings. The van der Waals surface area contributed by atoms with Crippen molar-refractivity contribution >= 4 is 27.3 Å². The third kappa shape index (κ3) is 4.32. The first-order valence-corrected chi connectivity index (χ1v) is 11.9. The molecule has 0 bridgehead atoms. The fourth-order valence-electron chi connectivity index (χ4n) is 4.58. The Labute approximate surface area is 177 Å². The highest BCUT2D eigenvalue weighted by atomic mass is 32.2. The van der Waals surface area contributed by atoms with Crippen molar-refractivity contribution in [2.24, 2.45) is 0 Å². The number of carbonyl (C=O) groups is 1. The third-order valence-corrected chi connectivity index (χ3v) is 9.18. The molecule has 0 atom stereocenters. The van der Waals surface area contributed by atoms with E-state index in [1.165, 1.54) is 17.4 Å². The average molecular weight is 433 g/mol. The smallest absolute Gasteiger partial charge is 0.253 e. The van der Waals surface area contributed by atoms with Gasteiger partial charge in [-0.25, -0.2) is 8.42 Å². The minimum absolute atomic E-state index is 0.111. The van der Waals surface area contributed by atoms with Gasteiger partial charge in [0.05, 0.1) is 0 Å². The van der Waals surface area contributed by atoms with E-state index in [-0.39, 0.29) is 11.9 Å². The van der Waals surface area contributed by atoms with Crippen molar-refractivity contribution in [3.05, 3.63) is 55.1 Å². The van der Waals surface area contributed by atoms with E-state index in [1.54, 1.807) is 10.4 Å². The molecule has 2 heterocycles.